The van der Waals surface area contributed by atoms with Crippen molar-refractivity contribution in [1.29, 1.82) is 5.26 Å². The normalized spacial score (nSPS) is 11.9. The van der Waals surface area contributed by atoms with Gasteiger partial charge in [0.15, 0.2) is 0 Å². The van der Waals surface area contributed by atoms with Crippen LogP contribution in [0.4, 0.5) is 0 Å². The summed E-state index contributed by atoms with van der Waals surface area (Å²) in [4.78, 5) is 0.918. The van der Waals surface area contributed by atoms with Crippen LogP contribution >= 0.6 is 22.7 Å². The fourth-order valence-electron chi connectivity index (χ4n) is 1.23. The second kappa shape index (κ2) is 4.30. The van der Waals surface area contributed by atoms with Gasteiger partial charge in [-0.2, -0.15) is 16.6 Å². The van der Waals surface area contributed by atoms with E-state index in [0.29, 0.717) is 11.3 Å². The Balaban J connectivity index is 2.51. The molecule has 74 valence electrons. The van der Waals surface area contributed by atoms with Gasteiger partial charge in [0, 0.05) is 15.8 Å². The predicted molar refractivity (Wildman–Crippen MR) is 65.3 cm³/mol. The summed E-state index contributed by atoms with van der Waals surface area (Å²) in [6.45, 7) is 0. The van der Waals surface area contributed by atoms with Crippen molar-refractivity contribution in [3.63, 3.8) is 0 Å². The smallest absolute Gasteiger partial charge is 0.103 e. The van der Waals surface area contributed by atoms with E-state index in [9.17, 15) is 0 Å². The molecule has 2 nitrogen and oxygen atoms in total. The Hall–Kier alpha value is -1.57. The first-order chi connectivity index (χ1) is 7.33. The summed E-state index contributed by atoms with van der Waals surface area (Å²) in [5.41, 5.74) is 7.99. The van der Waals surface area contributed by atoms with E-state index in [0.717, 1.165) is 10.4 Å². The summed E-state index contributed by atoms with van der Waals surface area (Å²) in [7, 11) is 0. The minimum atomic E-state index is 0.557. The lowest BCUT2D eigenvalue weighted by Crippen LogP contribution is -1.98. The zero-order chi connectivity index (χ0) is 10.7. The van der Waals surface area contributed by atoms with Gasteiger partial charge in [-0.3, -0.25) is 0 Å². The van der Waals surface area contributed by atoms with Crippen molar-refractivity contribution in [1.82, 2.24) is 0 Å². The van der Waals surface area contributed by atoms with Crippen LogP contribution in [0.15, 0.2) is 34.3 Å². The lowest BCUT2D eigenvalue weighted by molar-refractivity contribution is 1.51. The van der Waals surface area contributed by atoms with Crippen molar-refractivity contribution in [3.05, 3.63) is 44.8 Å². The van der Waals surface area contributed by atoms with Crippen LogP contribution in [0.25, 0.3) is 11.3 Å². The van der Waals surface area contributed by atoms with Crippen molar-refractivity contribution in [2.45, 2.75) is 0 Å². The number of nitriles is 1. The monoisotopic (exact) mass is 232 g/mol. The van der Waals surface area contributed by atoms with Gasteiger partial charge in [-0.05, 0) is 22.9 Å². The first-order valence-corrected chi connectivity index (χ1v) is 6.11. The van der Waals surface area contributed by atoms with E-state index in [1.807, 2.05) is 34.3 Å². The maximum absolute atomic E-state index is 9.09. The molecule has 0 saturated carbocycles. The Morgan fingerprint density at radius 1 is 1.33 bits per heavy atom. The summed E-state index contributed by atoms with van der Waals surface area (Å²) in [6, 6.07) is 7.90. The lowest BCUT2D eigenvalue weighted by Gasteiger charge is -2.00. The maximum atomic E-state index is 9.09. The van der Waals surface area contributed by atoms with Crippen LogP contribution in [-0.4, -0.2) is 0 Å². The fourth-order valence-corrected chi connectivity index (χ4v) is 2.62. The zero-order valence-electron chi connectivity index (χ0n) is 7.81. The maximum Gasteiger partial charge on any atom is 0.103 e. The van der Waals surface area contributed by atoms with Gasteiger partial charge in [0.25, 0.3) is 0 Å². The molecule has 0 amide bonds. The van der Waals surface area contributed by atoms with Crippen LogP contribution in [0.1, 0.15) is 10.4 Å². The standard InChI is InChI=1S/C11H8N2S2/c12-6-9(10-2-1-4-15-10)11(13)8-3-5-14-7-8/h1-5,7H,13H2/b11-9-. The van der Waals surface area contributed by atoms with Gasteiger partial charge in [-0.15, -0.1) is 11.3 Å². The summed E-state index contributed by atoms with van der Waals surface area (Å²) < 4.78 is 0. The molecule has 0 aliphatic carbocycles. The van der Waals surface area contributed by atoms with E-state index >= 15 is 0 Å². The van der Waals surface area contributed by atoms with E-state index in [4.69, 9.17) is 11.0 Å². The largest absolute Gasteiger partial charge is 0.397 e. The number of hydrogen-bond donors (Lipinski definition) is 1. The van der Waals surface area contributed by atoms with Crippen LogP contribution in [0.2, 0.25) is 0 Å². The Morgan fingerprint density at radius 3 is 2.73 bits per heavy atom. The Morgan fingerprint density at radius 2 is 2.20 bits per heavy atom. The number of hydrogen-bond acceptors (Lipinski definition) is 4. The van der Waals surface area contributed by atoms with Crippen LogP contribution < -0.4 is 5.73 Å². The minimum Gasteiger partial charge on any atom is -0.397 e. The quantitative estimate of drug-likeness (QED) is 0.808. The molecule has 2 N–H and O–H groups in total. The van der Waals surface area contributed by atoms with Crippen molar-refractivity contribution in [2.75, 3.05) is 0 Å². The van der Waals surface area contributed by atoms with E-state index in [-0.39, 0.29) is 0 Å². The minimum absolute atomic E-state index is 0.557. The highest BCUT2D eigenvalue weighted by atomic mass is 32.1. The van der Waals surface area contributed by atoms with Gasteiger partial charge < -0.3 is 5.73 Å². The highest BCUT2D eigenvalue weighted by Crippen LogP contribution is 2.26. The van der Waals surface area contributed by atoms with Gasteiger partial charge in [0.2, 0.25) is 0 Å². The average Bonchev–Trinajstić information content (AvgIpc) is 2.91. The SMILES string of the molecule is N#C/C(=C(/N)c1ccsc1)c1cccs1. The number of thiophene rings is 2. The van der Waals surface area contributed by atoms with Gasteiger partial charge in [-0.25, -0.2) is 0 Å². The number of nitrogens with two attached hydrogens (primary N) is 1. The molecule has 15 heavy (non-hydrogen) atoms. The molecule has 0 bridgehead atoms. The predicted octanol–water partition coefficient (Wildman–Crippen LogP) is 3.16. The summed E-state index contributed by atoms with van der Waals surface area (Å²) in [5.74, 6) is 0. The van der Waals surface area contributed by atoms with Crippen LogP contribution in [0.5, 0.6) is 0 Å². The molecule has 0 spiro atoms. The van der Waals surface area contributed by atoms with Crippen molar-refractivity contribution in [2.24, 2.45) is 5.73 Å². The van der Waals surface area contributed by atoms with Crippen LogP contribution in [0, 0.1) is 11.3 Å². The molecule has 2 aromatic rings. The summed E-state index contributed by atoms with van der Waals surface area (Å²) >= 11 is 3.10. The third-order valence-electron chi connectivity index (χ3n) is 1.98. The zero-order valence-corrected chi connectivity index (χ0v) is 9.44. The van der Waals surface area contributed by atoms with E-state index in [2.05, 4.69) is 6.07 Å². The number of rotatable bonds is 2. The third kappa shape index (κ3) is 1.94. The van der Waals surface area contributed by atoms with Crippen molar-refractivity contribution < 1.29 is 0 Å². The molecule has 2 rings (SSSR count). The third-order valence-corrected chi connectivity index (χ3v) is 3.55. The molecular weight excluding hydrogens is 224 g/mol. The van der Waals surface area contributed by atoms with Gasteiger partial charge in [0.05, 0.1) is 11.3 Å². The molecule has 0 aliphatic rings. The first kappa shape index (κ1) is 9.97. The Labute approximate surface area is 95.9 Å². The molecule has 0 unspecified atom stereocenters. The van der Waals surface area contributed by atoms with E-state index < -0.39 is 0 Å². The van der Waals surface area contributed by atoms with E-state index in [1.165, 1.54) is 11.3 Å². The molecule has 2 aromatic heterocycles. The lowest BCUT2D eigenvalue weighted by atomic mass is 10.1. The summed E-state index contributed by atoms with van der Waals surface area (Å²) in [5, 5.41) is 14.9. The molecular formula is C11H8N2S2. The van der Waals surface area contributed by atoms with Crippen LogP contribution in [0.3, 0.4) is 0 Å². The Bertz CT molecular complexity index is 501. The first-order valence-electron chi connectivity index (χ1n) is 4.29. The average molecular weight is 232 g/mol. The fraction of sp³-hybridized carbons (Fsp3) is 0. The number of allylic oxidation sites excluding steroid dienone is 1. The van der Waals surface area contributed by atoms with Gasteiger partial charge >= 0.3 is 0 Å². The molecule has 0 radical (unpaired) electrons. The molecule has 0 aromatic carbocycles. The van der Waals surface area contributed by atoms with Gasteiger partial charge in [-0.1, -0.05) is 6.07 Å². The molecule has 0 fully saturated rings. The molecule has 2 heterocycles. The Kier molecular flexibility index (Phi) is 2.86. The van der Waals surface area contributed by atoms with Crippen molar-refractivity contribution >= 4 is 33.9 Å². The highest BCUT2D eigenvalue weighted by Gasteiger charge is 2.09. The van der Waals surface area contributed by atoms with Gasteiger partial charge in [0.1, 0.15) is 6.07 Å². The number of nitrogens with zero attached hydrogens (tertiary/aromatic N) is 1. The summed E-state index contributed by atoms with van der Waals surface area (Å²) in [6.07, 6.45) is 0. The van der Waals surface area contributed by atoms with Crippen molar-refractivity contribution in [3.8, 4) is 6.07 Å². The highest BCUT2D eigenvalue weighted by molar-refractivity contribution is 7.11. The molecule has 4 heteroatoms. The second-order valence-electron chi connectivity index (χ2n) is 2.89. The van der Waals surface area contributed by atoms with E-state index in [1.54, 1.807) is 11.3 Å². The topological polar surface area (TPSA) is 49.8 Å². The second-order valence-corrected chi connectivity index (χ2v) is 4.62. The van der Waals surface area contributed by atoms with Crippen LogP contribution in [-0.2, 0) is 0 Å². The molecule has 0 atom stereocenters. The molecule has 0 aliphatic heterocycles. The molecule has 0 saturated heterocycles.